The van der Waals surface area contributed by atoms with Crippen molar-refractivity contribution in [3.8, 4) is 0 Å². The van der Waals surface area contributed by atoms with Crippen LogP contribution in [0.1, 0.15) is 50.8 Å². The van der Waals surface area contributed by atoms with Gasteiger partial charge in [0, 0.05) is 16.5 Å². The zero-order chi connectivity index (χ0) is 18.1. The van der Waals surface area contributed by atoms with E-state index in [9.17, 15) is 18.0 Å². The summed E-state index contributed by atoms with van der Waals surface area (Å²) in [5, 5.41) is 0.0963. The van der Waals surface area contributed by atoms with E-state index < -0.39 is 17.3 Å². The van der Waals surface area contributed by atoms with Gasteiger partial charge in [-0.1, -0.05) is 33.8 Å². The highest BCUT2D eigenvalue weighted by Gasteiger charge is 2.36. The molecule has 0 fully saturated rings. The lowest BCUT2D eigenvalue weighted by atomic mass is 9.94. The second-order valence-electron chi connectivity index (χ2n) is 7.22. The van der Waals surface area contributed by atoms with Crippen molar-refractivity contribution in [2.75, 3.05) is 0 Å². The van der Waals surface area contributed by atoms with Gasteiger partial charge in [-0.2, -0.15) is 13.2 Å². The molecule has 1 heterocycles. The van der Waals surface area contributed by atoms with E-state index in [2.05, 4.69) is 4.98 Å². The van der Waals surface area contributed by atoms with Crippen molar-refractivity contribution in [1.29, 1.82) is 0 Å². The van der Waals surface area contributed by atoms with Gasteiger partial charge in [0.2, 0.25) is 0 Å². The summed E-state index contributed by atoms with van der Waals surface area (Å²) < 4.78 is 41.2. The highest BCUT2D eigenvalue weighted by molar-refractivity contribution is 5.84. The Kier molecular flexibility index (Phi) is 5.41. The summed E-state index contributed by atoms with van der Waals surface area (Å²) in [6.45, 7) is 7.91. The van der Waals surface area contributed by atoms with Crippen molar-refractivity contribution in [3.05, 3.63) is 45.2 Å². The van der Waals surface area contributed by atoms with E-state index in [-0.39, 0.29) is 28.8 Å². The SMILES string of the molecule is CC(C)CCc1c(C(F)(F)F)c2cc(CC(C)C)ccc2[nH]c1=O. The lowest BCUT2D eigenvalue weighted by Gasteiger charge is -2.17. The Hall–Kier alpha value is -1.78. The van der Waals surface area contributed by atoms with Crippen molar-refractivity contribution in [2.45, 2.75) is 53.1 Å². The fraction of sp³-hybridized carbons (Fsp3) is 0.526. The van der Waals surface area contributed by atoms with Crippen LogP contribution in [0.4, 0.5) is 13.2 Å². The molecular formula is C19H24F3NO. The minimum Gasteiger partial charge on any atom is -0.322 e. The van der Waals surface area contributed by atoms with Crippen LogP contribution in [0.25, 0.3) is 10.9 Å². The van der Waals surface area contributed by atoms with Gasteiger partial charge >= 0.3 is 6.18 Å². The highest BCUT2D eigenvalue weighted by Crippen LogP contribution is 2.36. The molecule has 0 saturated carbocycles. The Labute approximate surface area is 140 Å². The predicted molar refractivity (Wildman–Crippen MR) is 91.3 cm³/mol. The van der Waals surface area contributed by atoms with E-state index in [1.165, 1.54) is 0 Å². The number of H-pyrrole nitrogens is 1. The summed E-state index contributed by atoms with van der Waals surface area (Å²) in [4.78, 5) is 14.8. The number of aromatic amines is 1. The standard InChI is InChI=1S/C19H24F3NO/c1-11(2)5-7-14-17(19(20,21)22)15-10-13(9-12(3)4)6-8-16(15)23-18(14)24/h6,8,10-12H,5,7,9H2,1-4H3,(H,23,24). The summed E-state index contributed by atoms with van der Waals surface area (Å²) in [6, 6.07) is 4.94. The van der Waals surface area contributed by atoms with Gasteiger partial charge in [-0.25, -0.2) is 0 Å². The van der Waals surface area contributed by atoms with Crippen molar-refractivity contribution in [1.82, 2.24) is 4.98 Å². The molecule has 24 heavy (non-hydrogen) atoms. The molecule has 0 aliphatic carbocycles. The molecule has 0 radical (unpaired) electrons. The second kappa shape index (κ2) is 6.99. The molecule has 2 nitrogen and oxygen atoms in total. The van der Waals surface area contributed by atoms with Crippen molar-refractivity contribution in [2.24, 2.45) is 11.8 Å². The Bertz CT molecular complexity index is 773. The van der Waals surface area contributed by atoms with Crippen LogP contribution >= 0.6 is 0 Å². The van der Waals surface area contributed by atoms with Crippen LogP contribution in [0.2, 0.25) is 0 Å². The number of nitrogens with one attached hydrogen (secondary N) is 1. The molecule has 5 heteroatoms. The Morgan fingerprint density at radius 1 is 1.08 bits per heavy atom. The maximum Gasteiger partial charge on any atom is 0.417 e. The smallest absolute Gasteiger partial charge is 0.322 e. The fourth-order valence-electron chi connectivity index (χ4n) is 2.97. The van der Waals surface area contributed by atoms with Gasteiger partial charge < -0.3 is 4.98 Å². The second-order valence-corrected chi connectivity index (χ2v) is 7.22. The van der Waals surface area contributed by atoms with Crippen molar-refractivity contribution >= 4 is 10.9 Å². The molecular weight excluding hydrogens is 315 g/mol. The van der Waals surface area contributed by atoms with Gasteiger partial charge in [-0.15, -0.1) is 0 Å². The van der Waals surface area contributed by atoms with Crippen LogP contribution in [0.15, 0.2) is 23.0 Å². The molecule has 0 aliphatic heterocycles. The number of halogens is 3. The van der Waals surface area contributed by atoms with E-state index in [0.29, 0.717) is 18.8 Å². The first-order chi connectivity index (χ1) is 11.1. The van der Waals surface area contributed by atoms with Gasteiger partial charge in [-0.05, 0) is 48.8 Å². The van der Waals surface area contributed by atoms with Crippen LogP contribution in [0, 0.1) is 11.8 Å². The zero-order valence-corrected chi connectivity index (χ0v) is 14.6. The summed E-state index contributed by atoms with van der Waals surface area (Å²) in [6.07, 6.45) is -3.17. The number of fused-ring (bicyclic) bond motifs is 1. The molecule has 0 aliphatic rings. The molecule has 0 bridgehead atoms. The van der Waals surface area contributed by atoms with Gasteiger partial charge in [0.1, 0.15) is 0 Å². The van der Waals surface area contributed by atoms with E-state index in [1.807, 2.05) is 27.7 Å². The fourth-order valence-corrected chi connectivity index (χ4v) is 2.97. The summed E-state index contributed by atoms with van der Waals surface area (Å²) in [5.74, 6) is 0.577. The highest BCUT2D eigenvalue weighted by atomic mass is 19.4. The molecule has 0 amide bonds. The van der Waals surface area contributed by atoms with Crippen molar-refractivity contribution < 1.29 is 13.2 Å². The Morgan fingerprint density at radius 2 is 1.75 bits per heavy atom. The quantitative estimate of drug-likeness (QED) is 0.784. The lowest BCUT2D eigenvalue weighted by molar-refractivity contribution is -0.137. The minimum absolute atomic E-state index is 0.0963. The molecule has 1 aromatic heterocycles. The number of alkyl halides is 3. The summed E-state index contributed by atoms with van der Waals surface area (Å²) in [7, 11) is 0. The number of benzene rings is 1. The zero-order valence-electron chi connectivity index (χ0n) is 14.6. The number of hydrogen-bond acceptors (Lipinski definition) is 1. The maximum atomic E-state index is 13.7. The Morgan fingerprint density at radius 3 is 2.29 bits per heavy atom. The monoisotopic (exact) mass is 339 g/mol. The summed E-state index contributed by atoms with van der Waals surface area (Å²) >= 11 is 0. The van der Waals surface area contributed by atoms with E-state index in [0.717, 1.165) is 5.56 Å². The molecule has 2 rings (SSSR count). The first-order valence-electron chi connectivity index (χ1n) is 8.34. The van der Waals surface area contributed by atoms with Gasteiger partial charge in [0.05, 0.1) is 5.56 Å². The van der Waals surface area contributed by atoms with E-state index in [1.54, 1.807) is 18.2 Å². The molecule has 0 spiro atoms. The summed E-state index contributed by atoms with van der Waals surface area (Å²) in [5.41, 5.74) is -0.456. The third-order valence-electron chi connectivity index (χ3n) is 4.08. The lowest BCUT2D eigenvalue weighted by Crippen LogP contribution is -2.22. The first kappa shape index (κ1) is 18.6. The van der Waals surface area contributed by atoms with Crippen LogP contribution in [-0.4, -0.2) is 4.98 Å². The average molecular weight is 339 g/mol. The average Bonchev–Trinajstić information content (AvgIpc) is 2.42. The van der Waals surface area contributed by atoms with Gasteiger partial charge in [0.15, 0.2) is 0 Å². The maximum absolute atomic E-state index is 13.7. The largest absolute Gasteiger partial charge is 0.417 e. The first-order valence-corrected chi connectivity index (χ1v) is 8.34. The molecule has 0 unspecified atom stereocenters. The van der Waals surface area contributed by atoms with Crippen LogP contribution < -0.4 is 5.56 Å². The van der Waals surface area contributed by atoms with Crippen LogP contribution in [0.3, 0.4) is 0 Å². The normalized spacial score (nSPS) is 12.5. The molecule has 1 N–H and O–H groups in total. The number of hydrogen-bond donors (Lipinski definition) is 1. The van der Waals surface area contributed by atoms with E-state index in [4.69, 9.17) is 0 Å². The number of aromatic nitrogens is 1. The third-order valence-corrected chi connectivity index (χ3v) is 4.08. The minimum atomic E-state index is -4.55. The molecule has 2 aromatic rings. The molecule has 0 atom stereocenters. The van der Waals surface area contributed by atoms with Crippen LogP contribution in [0.5, 0.6) is 0 Å². The number of pyridine rings is 1. The number of rotatable bonds is 5. The van der Waals surface area contributed by atoms with Gasteiger partial charge in [0.25, 0.3) is 5.56 Å². The topological polar surface area (TPSA) is 32.9 Å². The molecule has 132 valence electrons. The predicted octanol–water partition coefficient (Wildman–Crippen LogP) is 5.33. The van der Waals surface area contributed by atoms with Crippen LogP contribution in [-0.2, 0) is 19.0 Å². The molecule has 0 saturated heterocycles. The molecule has 1 aromatic carbocycles. The Balaban J connectivity index is 2.70. The van der Waals surface area contributed by atoms with Gasteiger partial charge in [-0.3, -0.25) is 4.79 Å². The van der Waals surface area contributed by atoms with E-state index >= 15 is 0 Å². The third kappa shape index (κ3) is 4.19. The van der Waals surface area contributed by atoms with Crippen molar-refractivity contribution in [3.63, 3.8) is 0 Å².